The number of anilines is 1. The highest BCUT2D eigenvalue weighted by Gasteiger charge is 2.16. The number of nitrogens with one attached hydrogen (secondary N) is 1. The average Bonchev–Trinajstić information content (AvgIpc) is 3.09. The maximum atomic E-state index is 12.8. The summed E-state index contributed by atoms with van der Waals surface area (Å²) in [7, 11) is -2.14. The molecule has 3 aromatic rings. The topological polar surface area (TPSA) is 82.5 Å². The highest BCUT2D eigenvalue weighted by Crippen LogP contribution is 2.24. The van der Waals surface area contributed by atoms with Crippen molar-refractivity contribution in [1.82, 2.24) is 9.78 Å². The zero-order valence-electron chi connectivity index (χ0n) is 16.0. The highest BCUT2D eigenvalue weighted by molar-refractivity contribution is 7.92. The van der Waals surface area contributed by atoms with Gasteiger partial charge in [-0.25, -0.2) is 13.1 Å². The molecule has 0 saturated heterocycles. The summed E-state index contributed by atoms with van der Waals surface area (Å²) in [5, 5.41) is 4.25. The minimum Gasteiger partial charge on any atom is -0.491 e. The van der Waals surface area contributed by atoms with Gasteiger partial charge in [-0.2, -0.15) is 5.10 Å². The van der Waals surface area contributed by atoms with Crippen LogP contribution in [0.3, 0.4) is 0 Å². The zero-order chi connectivity index (χ0) is 20.1. The number of sulfonamides is 1. The van der Waals surface area contributed by atoms with Gasteiger partial charge >= 0.3 is 0 Å². The Hall–Kier alpha value is -2.84. The van der Waals surface area contributed by atoms with E-state index in [1.165, 1.54) is 6.07 Å². The Balaban J connectivity index is 1.80. The summed E-state index contributed by atoms with van der Waals surface area (Å²) in [6, 6.07) is 13.8. The van der Waals surface area contributed by atoms with Gasteiger partial charge in [-0.1, -0.05) is 6.07 Å². The van der Waals surface area contributed by atoms with Gasteiger partial charge in [0, 0.05) is 19.0 Å². The van der Waals surface area contributed by atoms with Gasteiger partial charge in [-0.05, 0) is 61.9 Å². The predicted octanol–water partition coefficient (Wildman–Crippen LogP) is 3.32. The Labute approximate surface area is 165 Å². The summed E-state index contributed by atoms with van der Waals surface area (Å²) < 4.78 is 40.5. The molecule has 0 unspecified atom stereocenters. The molecule has 7 nitrogen and oxygen atoms in total. The molecule has 2 aromatic carbocycles. The first kappa shape index (κ1) is 19.9. The lowest BCUT2D eigenvalue weighted by Crippen LogP contribution is -2.14. The highest BCUT2D eigenvalue weighted by atomic mass is 32.2. The normalized spacial score (nSPS) is 11.4. The summed E-state index contributed by atoms with van der Waals surface area (Å²) in [6.45, 7) is 4.61. The van der Waals surface area contributed by atoms with E-state index in [2.05, 4.69) is 9.82 Å². The standard InChI is InChI=1S/C20H23N3O4S/c1-15-13-19(7-8-20(15)27-12-11-26-3)28(24,25)22-17-5-4-6-18(14-17)23-16(2)9-10-21-23/h4-10,13-14,22H,11-12H2,1-3H3. The van der Waals surface area contributed by atoms with E-state index >= 15 is 0 Å². The first-order valence-electron chi connectivity index (χ1n) is 8.77. The van der Waals surface area contributed by atoms with Crippen molar-refractivity contribution in [2.24, 2.45) is 0 Å². The van der Waals surface area contributed by atoms with Crippen LogP contribution in [0.25, 0.3) is 5.69 Å². The monoisotopic (exact) mass is 401 g/mol. The molecular weight excluding hydrogens is 378 g/mol. The van der Waals surface area contributed by atoms with Crippen molar-refractivity contribution in [3.8, 4) is 11.4 Å². The van der Waals surface area contributed by atoms with Crippen molar-refractivity contribution in [2.75, 3.05) is 25.0 Å². The van der Waals surface area contributed by atoms with E-state index in [9.17, 15) is 8.42 Å². The number of benzene rings is 2. The molecule has 0 fully saturated rings. The third kappa shape index (κ3) is 4.52. The summed E-state index contributed by atoms with van der Waals surface area (Å²) in [5.41, 5.74) is 2.94. The molecule has 0 aliphatic carbocycles. The van der Waals surface area contributed by atoms with Crippen LogP contribution in [0.15, 0.2) is 59.6 Å². The lowest BCUT2D eigenvalue weighted by atomic mass is 10.2. The smallest absolute Gasteiger partial charge is 0.261 e. The number of nitrogens with zero attached hydrogens (tertiary/aromatic N) is 2. The Morgan fingerprint density at radius 3 is 2.57 bits per heavy atom. The fourth-order valence-electron chi connectivity index (χ4n) is 2.74. The first-order chi connectivity index (χ1) is 13.4. The van der Waals surface area contributed by atoms with E-state index in [4.69, 9.17) is 9.47 Å². The lowest BCUT2D eigenvalue weighted by molar-refractivity contribution is 0.146. The van der Waals surface area contributed by atoms with Gasteiger partial charge in [-0.3, -0.25) is 4.72 Å². The van der Waals surface area contributed by atoms with Gasteiger partial charge < -0.3 is 9.47 Å². The molecule has 0 aliphatic rings. The second-order valence-corrected chi connectivity index (χ2v) is 7.99. The van der Waals surface area contributed by atoms with E-state index in [-0.39, 0.29) is 4.90 Å². The molecule has 0 amide bonds. The molecule has 0 atom stereocenters. The molecular formula is C20H23N3O4S. The minimum absolute atomic E-state index is 0.171. The zero-order valence-corrected chi connectivity index (χ0v) is 16.9. The van der Waals surface area contributed by atoms with Crippen LogP contribution < -0.4 is 9.46 Å². The van der Waals surface area contributed by atoms with Gasteiger partial charge in [0.15, 0.2) is 0 Å². The van der Waals surface area contributed by atoms with Gasteiger partial charge in [0.05, 0.1) is 22.9 Å². The lowest BCUT2D eigenvalue weighted by Gasteiger charge is -2.13. The van der Waals surface area contributed by atoms with Gasteiger partial charge in [-0.15, -0.1) is 0 Å². The first-order valence-corrected chi connectivity index (χ1v) is 10.3. The number of hydrogen-bond donors (Lipinski definition) is 1. The number of rotatable bonds is 8. The fraction of sp³-hybridized carbons (Fsp3) is 0.250. The molecule has 3 rings (SSSR count). The molecule has 8 heteroatoms. The molecule has 1 N–H and O–H groups in total. The third-order valence-corrected chi connectivity index (χ3v) is 5.56. The van der Waals surface area contributed by atoms with Gasteiger partial charge in [0.1, 0.15) is 12.4 Å². The second kappa shape index (κ2) is 8.45. The summed E-state index contributed by atoms with van der Waals surface area (Å²) in [4.78, 5) is 0.171. The molecule has 1 aromatic heterocycles. The summed E-state index contributed by atoms with van der Waals surface area (Å²) in [6.07, 6.45) is 1.70. The van der Waals surface area contributed by atoms with E-state index in [1.54, 1.807) is 48.3 Å². The molecule has 0 saturated carbocycles. The second-order valence-electron chi connectivity index (χ2n) is 6.31. The Kier molecular flexibility index (Phi) is 6.01. The number of aryl methyl sites for hydroxylation is 2. The van der Waals surface area contributed by atoms with Crippen LogP contribution in [0.2, 0.25) is 0 Å². The molecule has 0 spiro atoms. The van der Waals surface area contributed by atoms with E-state index in [0.29, 0.717) is 24.7 Å². The van der Waals surface area contributed by atoms with Crippen molar-refractivity contribution in [3.05, 3.63) is 66.0 Å². The van der Waals surface area contributed by atoms with E-state index in [1.807, 2.05) is 26.0 Å². The van der Waals surface area contributed by atoms with Gasteiger partial charge in [0.2, 0.25) is 0 Å². The molecule has 0 aliphatic heterocycles. The number of hydrogen-bond acceptors (Lipinski definition) is 5. The summed E-state index contributed by atoms with van der Waals surface area (Å²) >= 11 is 0. The van der Waals surface area contributed by atoms with Crippen molar-refractivity contribution in [2.45, 2.75) is 18.7 Å². The van der Waals surface area contributed by atoms with Gasteiger partial charge in [0.25, 0.3) is 10.0 Å². The van der Waals surface area contributed by atoms with Crippen LogP contribution in [-0.4, -0.2) is 38.5 Å². The quantitative estimate of drug-likeness (QED) is 0.586. The van der Waals surface area contributed by atoms with Crippen LogP contribution in [0.1, 0.15) is 11.3 Å². The molecule has 0 bridgehead atoms. The largest absolute Gasteiger partial charge is 0.491 e. The maximum Gasteiger partial charge on any atom is 0.261 e. The number of methoxy groups -OCH3 is 1. The van der Waals surface area contributed by atoms with Crippen molar-refractivity contribution in [1.29, 1.82) is 0 Å². The van der Waals surface area contributed by atoms with Crippen LogP contribution in [0, 0.1) is 13.8 Å². The number of aromatic nitrogens is 2. The summed E-state index contributed by atoms with van der Waals surface area (Å²) in [5.74, 6) is 0.632. The Morgan fingerprint density at radius 2 is 1.89 bits per heavy atom. The third-order valence-electron chi connectivity index (χ3n) is 4.18. The Morgan fingerprint density at radius 1 is 1.07 bits per heavy atom. The van der Waals surface area contributed by atoms with Crippen LogP contribution >= 0.6 is 0 Å². The van der Waals surface area contributed by atoms with Crippen LogP contribution in [0.4, 0.5) is 5.69 Å². The van der Waals surface area contributed by atoms with Crippen LogP contribution in [-0.2, 0) is 14.8 Å². The molecule has 0 radical (unpaired) electrons. The Bertz CT molecular complexity index is 1060. The van der Waals surface area contributed by atoms with Crippen molar-refractivity contribution in [3.63, 3.8) is 0 Å². The van der Waals surface area contributed by atoms with E-state index < -0.39 is 10.0 Å². The SMILES string of the molecule is COCCOc1ccc(S(=O)(=O)Nc2cccc(-n3nccc3C)c2)cc1C. The van der Waals surface area contributed by atoms with E-state index in [0.717, 1.165) is 16.9 Å². The minimum atomic E-state index is -3.73. The van der Waals surface area contributed by atoms with Crippen molar-refractivity contribution >= 4 is 15.7 Å². The maximum absolute atomic E-state index is 12.8. The molecule has 148 valence electrons. The fourth-order valence-corrected chi connectivity index (χ4v) is 3.88. The predicted molar refractivity (Wildman–Crippen MR) is 108 cm³/mol. The van der Waals surface area contributed by atoms with Crippen LogP contribution in [0.5, 0.6) is 5.75 Å². The molecule has 1 heterocycles. The van der Waals surface area contributed by atoms with Crippen molar-refractivity contribution < 1.29 is 17.9 Å². The molecule has 28 heavy (non-hydrogen) atoms. The number of ether oxygens (including phenoxy) is 2. The average molecular weight is 401 g/mol.